The zero-order chi connectivity index (χ0) is 17.6. The van der Waals surface area contributed by atoms with Gasteiger partial charge in [-0.3, -0.25) is 9.78 Å². The van der Waals surface area contributed by atoms with Gasteiger partial charge in [-0.25, -0.2) is 4.98 Å². The number of hydrogen-bond donors (Lipinski definition) is 1. The van der Waals surface area contributed by atoms with Crippen LogP contribution in [0.2, 0.25) is 0 Å². The molecule has 0 aliphatic carbocycles. The predicted octanol–water partition coefficient (Wildman–Crippen LogP) is 2.55. The van der Waals surface area contributed by atoms with Crippen molar-refractivity contribution in [3.63, 3.8) is 0 Å². The van der Waals surface area contributed by atoms with Crippen LogP contribution in [0.4, 0.5) is 5.82 Å². The summed E-state index contributed by atoms with van der Waals surface area (Å²) in [5.41, 5.74) is 1.83. The van der Waals surface area contributed by atoms with Crippen molar-refractivity contribution in [2.24, 2.45) is 5.92 Å². The van der Waals surface area contributed by atoms with E-state index >= 15 is 0 Å². The molecule has 25 heavy (non-hydrogen) atoms. The number of aromatic nitrogens is 3. The molecule has 0 bridgehead atoms. The Bertz CT molecular complexity index is 698. The number of likely N-dealkylation sites (tertiary alicyclic amines) is 1. The Balaban J connectivity index is 1.56. The molecule has 3 rings (SSSR count). The van der Waals surface area contributed by atoms with E-state index in [-0.39, 0.29) is 5.91 Å². The Morgan fingerprint density at radius 1 is 1.28 bits per heavy atom. The molecule has 0 radical (unpaired) electrons. The Kier molecular flexibility index (Phi) is 5.63. The first-order valence-corrected chi connectivity index (χ1v) is 8.93. The average molecular weight is 343 g/mol. The lowest BCUT2D eigenvalue weighted by atomic mass is 9.95. The van der Waals surface area contributed by atoms with Crippen LogP contribution in [0.25, 0.3) is 0 Å². The summed E-state index contributed by atoms with van der Waals surface area (Å²) in [5, 5.41) is 6.89. The number of carbonyl (C=O) groups excluding carboxylic acids is 1. The fourth-order valence-corrected chi connectivity index (χ4v) is 3.19. The maximum atomic E-state index is 12.6. The number of hydrogen-bond acceptors (Lipinski definition) is 6. The minimum atomic E-state index is -0.0500. The van der Waals surface area contributed by atoms with Crippen LogP contribution < -0.4 is 5.32 Å². The maximum Gasteiger partial charge on any atom is 0.292 e. The van der Waals surface area contributed by atoms with Gasteiger partial charge in [0.05, 0.1) is 23.8 Å². The molecule has 3 heterocycles. The van der Waals surface area contributed by atoms with Gasteiger partial charge >= 0.3 is 0 Å². The second-order valence-corrected chi connectivity index (χ2v) is 6.47. The highest BCUT2D eigenvalue weighted by atomic mass is 16.5. The van der Waals surface area contributed by atoms with Gasteiger partial charge in [-0.1, -0.05) is 12.1 Å². The number of anilines is 1. The average Bonchev–Trinajstić information content (AvgIpc) is 3.02. The lowest BCUT2D eigenvalue weighted by Crippen LogP contribution is -2.31. The van der Waals surface area contributed by atoms with Gasteiger partial charge in [-0.2, -0.15) is 0 Å². The quantitative estimate of drug-likeness (QED) is 0.898. The van der Waals surface area contributed by atoms with Crippen LogP contribution in [0.15, 0.2) is 23.0 Å². The van der Waals surface area contributed by atoms with E-state index in [2.05, 4.69) is 20.4 Å². The van der Waals surface area contributed by atoms with E-state index in [1.807, 2.05) is 25.1 Å². The third-order valence-electron chi connectivity index (χ3n) is 4.73. The summed E-state index contributed by atoms with van der Waals surface area (Å²) in [6.45, 7) is 3.50. The number of amides is 1. The van der Waals surface area contributed by atoms with Gasteiger partial charge in [-0.05, 0) is 38.0 Å². The first-order chi connectivity index (χ1) is 12.2. The minimum absolute atomic E-state index is 0.0500. The molecular formula is C18H25N5O2. The largest absolute Gasteiger partial charge is 0.372 e. The molecule has 1 aliphatic heterocycles. The number of rotatable bonds is 5. The van der Waals surface area contributed by atoms with Crippen molar-refractivity contribution in [1.29, 1.82) is 0 Å². The lowest BCUT2D eigenvalue weighted by Gasteiger charge is -2.19. The molecule has 0 saturated carbocycles. The summed E-state index contributed by atoms with van der Waals surface area (Å²) in [6, 6.07) is 1.75. The molecule has 0 spiro atoms. The first-order valence-electron chi connectivity index (χ1n) is 8.93. The van der Waals surface area contributed by atoms with E-state index in [1.165, 1.54) is 0 Å². The van der Waals surface area contributed by atoms with E-state index < -0.39 is 0 Å². The second-order valence-electron chi connectivity index (χ2n) is 6.47. The van der Waals surface area contributed by atoms with E-state index in [0.717, 1.165) is 62.4 Å². The normalized spacial score (nSPS) is 18.0. The number of nitrogens with zero attached hydrogens (tertiary/aromatic N) is 4. The monoisotopic (exact) mass is 343 g/mol. The topological polar surface area (TPSA) is 84.2 Å². The molecule has 1 fully saturated rings. The summed E-state index contributed by atoms with van der Waals surface area (Å²) in [4.78, 5) is 23.2. The Morgan fingerprint density at radius 3 is 2.84 bits per heavy atom. The molecule has 1 saturated heterocycles. The minimum Gasteiger partial charge on any atom is -0.372 e. The van der Waals surface area contributed by atoms with Crippen molar-refractivity contribution in [3.8, 4) is 0 Å². The van der Waals surface area contributed by atoms with Gasteiger partial charge in [-0.15, -0.1) is 0 Å². The van der Waals surface area contributed by atoms with Crippen LogP contribution >= 0.6 is 0 Å². The lowest BCUT2D eigenvalue weighted by molar-refractivity contribution is 0.0718. The summed E-state index contributed by atoms with van der Waals surface area (Å²) in [7, 11) is 1.83. The van der Waals surface area contributed by atoms with Crippen LogP contribution in [-0.2, 0) is 12.8 Å². The summed E-state index contributed by atoms with van der Waals surface area (Å²) in [5.74, 6) is 1.60. The summed E-state index contributed by atoms with van der Waals surface area (Å²) in [6.07, 6.45) is 8.32. The Labute approximate surface area is 147 Å². The SMILES string of the molecule is CCc1cc(C(=O)N2CCCC(Cc3cnc(NC)cn3)CC2)on1. The van der Waals surface area contributed by atoms with Gasteiger partial charge in [0.2, 0.25) is 5.76 Å². The van der Waals surface area contributed by atoms with Gasteiger partial charge < -0.3 is 14.7 Å². The van der Waals surface area contributed by atoms with Crippen LogP contribution in [0, 0.1) is 5.92 Å². The van der Waals surface area contributed by atoms with Crippen molar-refractivity contribution in [2.75, 3.05) is 25.5 Å². The molecule has 2 aromatic rings. The summed E-state index contributed by atoms with van der Waals surface area (Å²) < 4.78 is 5.19. The Hall–Kier alpha value is -2.44. The molecule has 1 atom stereocenters. The van der Waals surface area contributed by atoms with E-state index in [4.69, 9.17) is 4.52 Å². The van der Waals surface area contributed by atoms with Crippen molar-refractivity contribution in [1.82, 2.24) is 20.0 Å². The highest BCUT2D eigenvalue weighted by molar-refractivity contribution is 5.91. The molecule has 2 aromatic heterocycles. The highest BCUT2D eigenvalue weighted by Gasteiger charge is 2.24. The fraction of sp³-hybridized carbons (Fsp3) is 0.556. The van der Waals surface area contributed by atoms with Crippen molar-refractivity contribution in [2.45, 2.75) is 39.0 Å². The van der Waals surface area contributed by atoms with Gasteiger partial charge in [0.25, 0.3) is 5.91 Å². The Morgan fingerprint density at radius 2 is 2.16 bits per heavy atom. The molecule has 0 aromatic carbocycles. The fourth-order valence-electron chi connectivity index (χ4n) is 3.19. The first kappa shape index (κ1) is 17.4. The van der Waals surface area contributed by atoms with Crippen LogP contribution in [0.1, 0.15) is 48.1 Å². The van der Waals surface area contributed by atoms with Crippen LogP contribution in [0.5, 0.6) is 0 Å². The second kappa shape index (κ2) is 8.09. The van der Waals surface area contributed by atoms with Gasteiger partial charge in [0.15, 0.2) is 0 Å². The van der Waals surface area contributed by atoms with E-state index in [9.17, 15) is 4.79 Å². The molecule has 1 amide bonds. The molecule has 7 heteroatoms. The standard InChI is InChI=1S/C18H25N5O2/c1-3-14-10-16(25-22-14)18(24)23-7-4-5-13(6-8-23)9-15-11-21-17(19-2)12-20-15/h10-13H,3-9H2,1-2H3,(H,19,21). The van der Waals surface area contributed by atoms with E-state index in [0.29, 0.717) is 11.7 Å². The van der Waals surface area contributed by atoms with Crippen LogP contribution in [-0.4, -0.2) is 46.1 Å². The molecule has 134 valence electrons. The molecular weight excluding hydrogens is 318 g/mol. The molecule has 7 nitrogen and oxygen atoms in total. The zero-order valence-electron chi connectivity index (χ0n) is 14.9. The van der Waals surface area contributed by atoms with Crippen molar-refractivity contribution in [3.05, 3.63) is 35.6 Å². The third kappa shape index (κ3) is 4.35. The highest BCUT2D eigenvalue weighted by Crippen LogP contribution is 2.22. The van der Waals surface area contributed by atoms with Gasteiger partial charge in [0, 0.05) is 26.2 Å². The van der Waals surface area contributed by atoms with E-state index in [1.54, 1.807) is 12.3 Å². The maximum absolute atomic E-state index is 12.6. The van der Waals surface area contributed by atoms with Gasteiger partial charge in [0.1, 0.15) is 5.82 Å². The zero-order valence-corrected chi connectivity index (χ0v) is 14.9. The summed E-state index contributed by atoms with van der Waals surface area (Å²) >= 11 is 0. The number of aryl methyl sites for hydroxylation is 1. The van der Waals surface area contributed by atoms with Crippen molar-refractivity contribution < 1.29 is 9.32 Å². The van der Waals surface area contributed by atoms with Crippen LogP contribution in [0.3, 0.4) is 0 Å². The number of carbonyl (C=O) groups is 1. The predicted molar refractivity (Wildman–Crippen MR) is 94.4 cm³/mol. The molecule has 1 N–H and O–H groups in total. The molecule has 1 unspecified atom stereocenters. The molecule has 1 aliphatic rings. The third-order valence-corrected chi connectivity index (χ3v) is 4.73. The smallest absolute Gasteiger partial charge is 0.292 e. The number of nitrogens with one attached hydrogen (secondary N) is 1. The van der Waals surface area contributed by atoms with Crippen molar-refractivity contribution >= 4 is 11.7 Å².